The molecule has 0 rings (SSSR count). The highest BCUT2D eigenvalue weighted by molar-refractivity contribution is 6.02. The topological polar surface area (TPSA) is 60.4 Å². The van der Waals surface area contributed by atoms with E-state index in [4.69, 9.17) is 0 Å². The number of ether oxygens (including phenoxy) is 1. The van der Waals surface area contributed by atoms with Crippen LogP contribution in [0.15, 0.2) is 0 Å². The van der Waals surface area contributed by atoms with Gasteiger partial charge < -0.3 is 4.74 Å². The van der Waals surface area contributed by atoms with Crippen molar-refractivity contribution in [3.63, 3.8) is 0 Å². The van der Waals surface area contributed by atoms with E-state index in [1.165, 1.54) is 14.0 Å². The first-order valence-corrected chi connectivity index (χ1v) is 5.62. The fourth-order valence-corrected chi connectivity index (χ4v) is 1.48. The van der Waals surface area contributed by atoms with Crippen molar-refractivity contribution in [2.45, 2.75) is 46.0 Å². The number of ketones is 2. The maximum absolute atomic E-state index is 11.7. The van der Waals surface area contributed by atoms with Crippen LogP contribution >= 0.6 is 0 Å². The molecule has 0 radical (unpaired) electrons. The number of hydrogen-bond acceptors (Lipinski definition) is 4. The molecule has 1 unspecified atom stereocenters. The summed E-state index contributed by atoms with van der Waals surface area (Å²) in [6.45, 7) is 3.41. The van der Waals surface area contributed by atoms with Crippen LogP contribution < -0.4 is 0 Å². The lowest BCUT2D eigenvalue weighted by Gasteiger charge is -2.11. The molecule has 0 fully saturated rings. The Morgan fingerprint density at radius 2 is 1.81 bits per heavy atom. The molecule has 0 aromatic rings. The molecule has 0 saturated carbocycles. The Labute approximate surface area is 96.4 Å². The molecule has 0 aliphatic rings. The molecule has 4 heteroatoms. The average Bonchev–Trinajstić information content (AvgIpc) is 2.24. The van der Waals surface area contributed by atoms with Gasteiger partial charge in [0, 0.05) is 12.8 Å². The van der Waals surface area contributed by atoms with Gasteiger partial charge in [0.2, 0.25) is 0 Å². The molecule has 0 aromatic heterocycles. The first-order chi connectivity index (χ1) is 7.52. The fourth-order valence-electron chi connectivity index (χ4n) is 1.48. The predicted octanol–water partition coefficient (Wildman–Crippen LogP) is 1.90. The van der Waals surface area contributed by atoms with Gasteiger partial charge in [-0.15, -0.1) is 0 Å². The van der Waals surface area contributed by atoms with E-state index in [9.17, 15) is 14.4 Å². The molecule has 0 aliphatic carbocycles. The van der Waals surface area contributed by atoms with Crippen molar-refractivity contribution in [1.29, 1.82) is 0 Å². The van der Waals surface area contributed by atoms with Gasteiger partial charge in [-0.05, 0) is 13.3 Å². The molecule has 0 aromatic carbocycles. The molecule has 0 amide bonds. The van der Waals surface area contributed by atoms with Crippen LogP contribution in [0.25, 0.3) is 0 Å². The van der Waals surface area contributed by atoms with Crippen LogP contribution in [0.3, 0.4) is 0 Å². The van der Waals surface area contributed by atoms with Crippen LogP contribution in [0.5, 0.6) is 0 Å². The maximum Gasteiger partial charge on any atom is 0.316 e. The van der Waals surface area contributed by atoms with Gasteiger partial charge in [0.15, 0.2) is 0 Å². The first kappa shape index (κ1) is 14.8. The molecule has 16 heavy (non-hydrogen) atoms. The summed E-state index contributed by atoms with van der Waals surface area (Å²) in [6.07, 6.45) is 3.04. The summed E-state index contributed by atoms with van der Waals surface area (Å²) >= 11 is 0. The zero-order valence-electron chi connectivity index (χ0n) is 10.2. The van der Waals surface area contributed by atoms with E-state index < -0.39 is 11.9 Å². The number of hydrogen-bond donors (Lipinski definition) is 0. The van der Waals surface area contributed by atoms with E-state index >= 15 is 0 Å². The number of methoxy groups -OCH3 is 1. The predicted molar refractivity (Wildman–Crippen MR) is 60.0 cm³/mol. The van der Waals surface area contributed by atoms with Gasteiger partial charge in [-0.1, -0.05) is 19.8 Å². The van der Waals surface area contributed by atoms with Crippen molar-refractivity contribution in [3.05, 3.63) is 0 Å². The third-order valence-electron chi connectivity index (χ3n) is 2.39. The van der Waals surface area contributed by atoms with Crippen molar-refractivity contribution in [1.82, 2.24) is 0 Å². The maximum atomic E-state index is 11.7. The minimum atomic E-state index is -0.903. The van der Waals surface area contributed by atoms with Crippen LogP contribution in [-0.2, 0) is 19.1 Å². The highest BCUT2D eigenvalue weighted by atomic mass is 16.5. The molecule has 0 N–H and O–H groups in total. The summed E-state index contributed by atoms with van der Waals surface area (Å²) in [5, 5.41) is 0. The molecular weight excluding hydrogens is 208 g/mol. The van der Waals surface area contributed by atoms with Gasteiger partial charge in [0.05, 0.1) is 7.11 Å². The highest BCUT2D eigenvalue weighted by Crippen LogP contribution is 2.13. The summed E-state index contributed by atoms with van der Waals surface area (Å²) in [5.41, 5.74) is 0. The minimum absolute atomic E-state index is 0.0440. The first-order valence-electron chi connectivity index (χ1n) is 5.62. The molecular formula is C12H20O4. The highest BCUT2D eigenvalue weighted by Gasteiger charge is 2.27. The van der Waals surface area contributed by atoms with E-state index in [-0.39, 0.29) is 18.0 Å². The zero-order chi connectivity index (χ0) is 12.6. The Hall–Kier alpha value is -1.19. The molecule has 0 bridgehead atoms. The number of carbonyl (C=O) groups is 3. The largest absolute Gasteiger partial charge is 0.468 e. The Morgan fingerprint density at radius 3 is 2.25 bits per heavy atom. The van der Waals surface area contributed by atoms with Crippen molar-refractivity contribution < 1.29 is 19.1 Å². The molecule has 0 heterocycles. The van der Waals surface area contributed by atoms with E-state index in [0.717, 1.165) is 19.3 Å². The van der Waals surface area contributed by atoms with Crippen LogP contribution in [0.1, 0.15) is 46.0 Å². The van der Waals surface area contributed by atoms with Crippen LogP contribution in [0.4, 0.5) is 0 Å². The van der Waals surface area contributed by atoms with Crippen molar-refractivity contribution >= 4 is 17.5 Å². The molecule has 92 valence electrons. The summed E-state index contributed by atoms with van der Waals surface area (Å²) in [6, 6.07) is 0. The van der Waals surface area contributed by atoms with Crippen molar-refractivity contribution in [2.24, 2.45) is 5.92 Å². The Morgan fingerprint density at radius 1 is 1.19 bits per heavy atom. The van der Waals surface area contributed by atoms with Gasteiger partial charge in [-0.25, -0.2) is 0 Å². The Balaban J connectivity index is 4.32. The second kappa shape index (κ2) is 8.02. The average molecular weight is 228 g/mol. The van der Waals surface area contributed by atoms with E-state index in [1.807, 2.05) is 6.92 Å². The summed E-state index contributed by atoms with van der Waals surface area (Å²) in [4.78, 5) is 34.0. The Kier molecular flexibility index (Phi) is 7.42. The van der Waals surface area contributed by atoms with E-state index in [0.29, 0.717) is 6.42 Å². The molecule has 4 nitrogen and oxygen atoms in total. The smallest absolute Gasteiger partial charge is 0.316 e. The van der Waals surface area contributed by atoms with Gasteiger partial charge in [0.25, 0.3) is 0 Å². The lowest BCUT2D eigenvalue weighted by molar-refractivity contribution is -0.151. The van der Waals surface area contributed by atoms with Crippen molar-refractivity contribution in [3.8, 4) is 0 Å². The van der Waals surface area contributed by atoms with Gasteiger partial charge in [-0.2, -0.15) is 0 Å². The van der Waals surface area contributed by atoms with Gasteiger partial charge in [-0.3, -0.25) is 14.4 Å². The quantitative estimate of drug-likeness (QED) is 0.361. The number of esters is 1. The van der Waals surface area contributed by atoms with Crippen LogP contribution in [0, 0.1) is 5.92 Å². The molecule has 1 atom stereocenters. The number of unbranched alkanes of at least 4 members (excludes halogenated alkanes) is 2. The number of carbonyl (C=O) groups excluding carboxylic acids is 3. The summed E-state index contributed by atoms with van der Waals surface area (Å²) in [5.74, 6) is -1.86. The van der Waals surface area contributed by atoms with E-state index in [1.54, 1.807) is 0 Å². The zero-order valence-corrected chi connectivity index (χ0v) is 10.2. The minimum Gasteiger partial charge on any atom is -0.468 e. The number of Topliss-reactive ketones (excluding diaryl/α,β-unsaturated/α-hetero) is 2. The third kappa shape index (κ3) is 5.63. The van der Waals surface area contributed by atoms with E-state index in [2.05, 4.69) is 4.74 Å². The summed E-state index contributed by atoms with van der Waals surface area (Å²) < 4.78 is 4.53. The monoisotopic (exact) mass is 228 g/mol. The summed E-state index contributed by atoms with van der Waals surface area (Å²) in [7, 11) is 1.23. The normalized spacial score (nSPS) is 11.9. The lowest BCUT2D eigenvalue weighted by atomic mass is 9.94. The van der Waals surface area contributed by atoms with Gasteiger partial charge >= 0.3 is 5.97 Å². The van der Waals surface area contributed by atoms with Crippen molar-refractivity contribution in [2.75, 3.05) is 7.11 Å². The molecule has 0 saturated heterocycles. The molecule has 0 spiro atoms. The fraction of sp³-hybridized carbons (Fsp3) is 0.750. The standard InChI is InChI=1S/C12H20O4/c1-4-5-6-7-11(14)10(8-9(2)13)12(15)16-3/h10H,4-8H2,1-3H3. The SMILES string of the molecule is CCCCCC(=O)C(CC(C)=O)C(=O)OC. The second-order valence-electron chi connectivity index (χ2n) is 3.91. The second-order valence-corrected chi connectivity index (χ2v) is 3.91. The number of rotatable bonds is 8. The van der Waals surface area contributed by atoms with Crippen LogP contribution in [0.2, 0.25) is 0 Å². The van der Waals surface area contributed by atoms with Crippen LogP contribution in [-0.4, -0.2) is 24.6 Å². The molecule has 0 aliphatic heterocycles. The Bertz CT molecular complexity index is 258. The third-order valence-corrected chi connectivity index (χ3v) is 2.39. The van der Waals surface area contributed by atoms with Gasteiger partial charge in [0.1, 0.15) is 17.5 Å². The lowest BCUT2D eigenvalue weighted by Crippen LogP contribution is -2.27.